The van der Waals surface area contributed by atoms with Crippen molar-refractivity contribution >= 4 is 17.4 Å². The number of ketones is 1. The minimum Gasteiger partial charge on any atom is -0.507 e. The van der Waals surface area contributed by atoms with E-state index < -0.39 is 17.7 Å². The van der Waals surface area contributed by atoms with Crippen LogP contribution in [0.3, 0.4) is 0 Å². The molecule has 1 N–H and O–H groups in total. The lowest BCUT2D eigenvalue weighted by molar-refractivity contribution is -0.140. The van der Waals surface area contributed by atoms with E-state index in [1.165, 1.54) is 11.2 Å². The maximum Gasteiger partial charge on any atom is 0.296 e. The molecule has 0 aliphatic carbocycles. The molecule has 2 aromatic carbocycles. The van der Waals surface area contributed by atoms with E-state index in [0.717, 1.165) is 11.1 Å². The van der Waals surface area contributed by atoms with E-state index in [1.54, 1.807) is 50.6 Å². The summed E-state index contributed by atoms with van der Waals surface area (Å²) in [5, 5.41) is 11.3. The van der Waals surface area contributed by atoms with Gasteiger partial charge in [0.1, 0.15) is 29.1 Å². The maximum atomic E-state index is 13.2. The summed E-state index contributed by atoms with van der Waals surface area (Å²) in [6.45, 7) is 3.80. The predicted molar refractivity (Wildman–Crippen MR) is 122 cm³/mol. The molecule has 1 aliphatic heterocycles. The second kappa shape index (κ2) is 8.86. The highest BCUT2D eigenvalue weighted by Crippen LogP contribution is 2.41. The van der Waals surface area contributed by atoms with Gasteiger partial charge >= 0.3 is 0 Å². The third-order valence-corrected chi connectivity index (χ3v) is 5.84. The van der Waals surface area contributed by atoms with Crippen molar-refractivity contribution in [1.29, 1.82) is 0 Å². The fraction of sp³-hybridized carbons (Fsp3) is 0.231. The van der Waals surface area contributed by atoms with Gasteiger partial charge < -0.3 is 23.9 Å². The first kappa shape index (κ1) is 22.2. The van der Waals surface area contributed by atoms with E-state index in [4.69, 9.17) is 13.9 Å². The Balaban J connectivity index is 1.85. The lowest BCUT2D eigenvalue weighted by atomic mass is 9.95. The average molecular weight is 447 g/mol. The highest BCUT2D eigenvalue weighted by atomic mass is 16.5. The van der Waals surface area contributed by atoms with Crippen LogP contribution < -0.4 is 9.47 Å². The van der Waals surface area contributed by atoms with E-state index in [2.05, 4.69) is 0 Å². The van der Waals surface area contributed by atoms with E-state index in [9.17, 15) is 14.7 Å². The summed E-state index contributed by atoms with van der Waals surface area (Å²) in [7, 11) is 3.13. The number of rotatable bonds is 6. The van der Waals surface area contributed by atoms with Gasteiger partial charge in [0, 0.05) is 12.1 Å². The molecule has 1 saturated heterocycles. The van der Waals surface area contributed by atoms with Gasteiger partial charge in [-0.25, -0.2) is 0 Å². The minimum absolute atomic E-state index is 0.00878. The van der Waals surface area contributed by atoms with E-state index in [1.807, 2.05) is 26.0 Å². The van der Waals surface area contributed by atoms with Gasteiger partial charge in [0.25, 0.3) is 11.7 Å². The predicted octanol–water partition coefficient (Wildman–Crippen LogP) is 4.54. The van der Waals surface area contributed by atoms with Gasteiger partial charge in [0.05, 0.1) is 26.1 Å². The summed E-state index contributed by atoms with van der Waals surface area (Å²) in [5.74, 6) is -0.00548. The molecule has 4 rings (SSSR count). The Labute approximate surface area is 191 Å². The Hall–Kier alpha value is -4.00. The van der Waals surface area contributed by atoms with Crippen LogP contribution in [-0.4, -0.2) is 35.9 Å². The lowest BCUT2D eigenvalue weighted by Gasteiger charge is -2.23. The molecule has 1 atom stereocenters. The second-order valence-electron chi connectivity index (χ2n) is 7.93. The lowest BCUT2D eigenvalue weighted by Crippen LogP contribution is -2.29. The van der Waals surface area contributed by atoms with Crippen molar-refractivity contribution in [2.45, 2.75) is 26.4 Å². The molecular weight excluding hydrogens is 422 g/mol. The quantitative estimate of drug-likeness (QED) is 0.339. The summed E-state index contributed by atoms with van der Waals surface area (Å²) < 4.78 is 16.2. The van der Waals surface area contributed by atoms with Crippen molar-refractivity contribution in [3.05, 3.63) is 88.4 Å². The number of methoxy groups -OCH3 is 2. The summed E-state index contributed by atoms with van der Waals surface area (Å²) in [5.41, 5.74) is 2.75. The number of nitrogens with zero attached hydrogens (tertiary/aromatic N) is 1. The van der Waals surface area contributed by atoms with Crippen molar-refractivity contribution < 1.29 is 28.6 Å². The number of benzene rings is 2. The Morgan fingerprint density at radius 3 is 2.48 bits per heavy atom. The van der Waals surface area contributed by atoms with Gasteiger partial charge in [-0.1, -0.05) is 12.1 Å². The number of carbonyl (C=O) groups is 2. The van der Waals surface area contributed by atoms with Crippen LogP contribution in [0.15, 0.2) is 64.8 Å². The van der Waals surface area contributed by atoms with Crippen molar-refractivity contribution in [3.63, 3.8) is 0 Å². The molecule has 7 heteroatoms. The van der Waals surface area contributed by atoms with Crippen LogP contribution >= 0.6 is 0 Å². The summed E-state index contributed by atoms with van der Waals surface area (Å²) in [6.07, 6.45) is 1.48. The Morgan fingerprint density at radius 1 is 1.03 bits per heavy atom. The first-order valence-electron chi connectivity index (χ1n) is 10.5. The zero-order chi connectivity index (χ0) is 23.7. The molecule has 0 saturated carbocycles. The Bertz CT molecular complexity index is 1240. The summed E-state index contributed by atoms with van der Waals surface area (Å²) in [6, 6.07) is 13.3. The van der Waals surface area contributed by atoms with Gasteiger partial charge in [-0.05, 0) is 66.9 Å². The highest BCUT2D eigenvalue weighted by molar-refractivity contribution is 6.46. The number of amides is 1. The van der Waals surface area contributed by atoms with Crippen LogP contribution in [-0.2, 0) is 16.1 Å². The van der Waals surface area contributed by atoms with Crippen LogP contribution in [0.5, 0.6) is 11.5 Å². The number of carbonyl (C=O) groups excluding carboxylic acids is 2. The number of furan rings is 1. The fourth-order valence-electron chi connectivity index (χ4n) is 4.16. The van der Waals surface area contributed by atoms with Crippen molar-refractivity contribution in [2.75, 3.05) is 14.2 Å². The van der Waals surface area contributed by atoms with E-state index >= 15 is 0 Å². The monoisotopic (exact) mass is 447 g/mol. The standard InChI is InChI=1S/C26H25NO6/c1-15-12-21(32-4)16(2)11-19(15)24(28)22-23(20-9-6-10-33-20)27(26(30)25(22)29)14-17-7-5-8-18(13-17)31-3/h5-13,23,28H,14H2,1-4H3/b24-22-. The van der Waals surface area contributed by atoms with E-state index in [0.29, 0.717) is 28.4 Å². The maximum absolute atomic E-state index is 13.2. The first-order valence-corrected chi connectivity index (χ1v) is 10.5. The molecule has 1 unspecified atom stereocenters. The van der Waals surface area contributed by atoms with Crippen LogP contribution in [0.25, 0.3) is 5.76 Å². The number of aliphatic hydroxyl groups excluding tert-OH is 1. The normalized spacial score (nSPS) is 17.5. The highest BCUT2D eigenvalue weighted by Gasteiger charge is 2.47. The molecule has 1 amide bonds. The molecule has 1 aliphatic rings. The number of hydrogen-bond donors (Lipinski definition) is 1. The fourth-order valence-corrected chi connectivity index (χ4v) is 4.16. The molecule has 170 valence electrons. The van der Waals surface area contributed by atoms with Gasteiger partial charge in [-0.15, -0.1) is 0 Å². The topological polar surface area (TPSA) is 89.2 Å². The average Bonchev–Trinajstić information content (AvgIpc) is 3.43. The second-order valence-corrected chi connectivity index (χ2v) is 7.93. The smallest absolute Gasteiger partial charge is 0.296 e. The Kier molecular flexibility index (Phi) is 5.96. The molecule has 0 bridgehead atoms. The van der Waals surface area contributed by atoms with Gasteiger partial charge in [0.2, 0.25) is 0 Å². The molecule has 33 heavy (non-hydrogen) atoms. The number of aryl methyl sites for hydroxylation is 2. The first-order chi connectivity index (χ1) is 15.8. The molecule has 1 fully saturated rings. The molecule has 3 aromatic rings. The zero-order valence-corrected chi connectivity index (χ0v) is 18.9. The molecule has 1 aromatic heterocycles. The van der Waals surface area contributed by atoms with Gasteiger partial charge in [-0.2, -0.15) is 0 Å². The molecule has 0 spiro atoms. The number of ether oxygens (including phenoxy) is 2. The SMILES string of the molecule is COc1cccc(CN2C(=O)C(=O)/C(=C(\O)c3cc(C)c(OC)cc3C)C2c2ccco2)c1. The summed E-state index contributed by atoms with van der Waals surface area (Å²) >= 11 is 0. The number of hydrogen-bond acceptors (Lipinski definition) is 6. The molecular formula is C26H25NO6. The third-order valence-electron chi connectivity index (χ3n) is 5.84. The largest absolute Gasteiger partial charge is 0.507 e. The van der Waals surface area contributed by atoms with Crippen molar-refractivity contribution in [2.24, 2.45) is 0 Å². The van der Waals surface area contributed by atoms with Crippen LogP contribution in [0.4, 0.5) is 0 Å². The van der Waals surface area contributed by atoms with E-state index in [-0.39, 0.29) is 17.9 Å². The van der Waals surface area contributed by atoms with Crippen LogP contribution in [0.2, 0.25) is 0 Å². The third kappa shape index (κ3) is 3.98. The number of Topliss-reactive ketones (excluding diaryl/α,β-unsaturated/α-hetero) is 1. The molecule has 2 heterocycles. The zero-order valence-electron chi connectivity index (χ0n) is 18.9. The van der Waals surface area contributed by atoms with Crippen molar-refractivity contribution in [1.82, 2.24) is 4.90 Å². The number of aliphatic hydroxyl groups is 1. The van der Waals surface area contributed by atoms with Gasteiger partial charge in [-0.3, -0.25) is 9.59 Å². The molecule has 7 nitrogen and oxygen atoms in total. The number of likely N-dealkylation sites (tertiary alicyclic amines) is 1. The van der Waals surface area contributed by atoms with Crippen molar-refractivity contribution in [3.8, 4) is 11.5 Å². The Morgan fingerprint density at radius 2 is 1.82 bits per heavy atom. The van der Waals surface area contributed by atoms with Crippen LogP contribution in [0.1, 0.15) is 34.1 Å². The van der Waals surface area contributed by atoms with Gasteiger partial charge in [0.15, 0.2) is 0 Å². The summed E-state index contributed by atoms with van der Waals surface area (Å²) in [4.78, 5) is 27.7. The minimum atomic E-state index is -0.868. The van der Waals surface area contributed by atoms with Crippen LogP contribution in [0, 0.1) is 13.8 Å². The molecule has 0 radical (unpaired) electrons.